The molecular weight excluding hydrogens is 328 g/mol. The Morgan fingerprint density at radius 3 is 2.62 bits per heavy atom. The average Bonchev–Trinajstić information content (AvgIpc) is 3.26. The molecule has 0 bridgehead atoms. The van der Waals surface area contributed by atoms with Crippen molar-refractivity contribution < 1.29 is 9.32 Å². The summed E-state index contributed by atoms with van der Waals surface area (Å²) in [6.07, 6.45) is 3.81. The Morgan fingerprint density at radius 1 is 1.33 bits per heavy atom. The highest BCUT2D eigenvalue weighted by molar-refractivity contribution is 5.85. The van der Waals surface area contributed by atoms with Crippen molar-refractivity contribution in [3.63, 3.8) is 0 Å². The second-order valence-corrected chi connectivity index (χ2v) is 6.21. The van der Waals surface area contributed by atoms with Crippen LogP contribution < -0.4 is 11.1 Å². The third-order valence-corrected chi connectivity index (χ3v) is 4.63. The molecule has 1 atom stereocenters. The predicted molar refractivity (Wildman–Crippen MR) is 93.5 cm³/mol. The van der Waals surface area contributed by atoms with Crippen molar-refractivity contribution in [2.75, 3.05) is 6.54 Å². The molecule has 1 aromatic carbocycles. The van der Waals surface area contributed by atoms with Crippen molar-refractivity contribution >= 4 is 18.3 Å². The van der Waals surface area contributed by atoms with Crippen LogP contribution >= 0.6 is 12.4 Å². The minimum Gasteiger partial charge on any atom is -0.346 e. The van der Waals surface area contributed by atoms with Crippen LogP contribution in [0.15, 0.2) is 34.9 Å². The van der Waals surface area contributed by atoms with Gasteiger partial charge in [0.05, 0.1) is 11.5 Å². The van der Waals surface area contributed by atoms with Gasteiger partial charge in [0.1, 0.15) is 0 Å². The molecule has 3 rings (SSSR count). The molecule has 130 valence electrons. The fourth-order valence-electron chi connectivity index (χ4n) is 3.10. The molecule has 24 heavy (non-hydrogen) atoms. The van der Waals surface area contributed by atoms with E-state index in [4.69, 9.17) is 10.3 Å². The van der Waals surface area contributed by atoms with Gasteiger partial charge >= 0.3 is 0 Å². The van der Waals surface area contributed by atoms with Crippen molar-refractivity contribution in [2.45, 2.75) is 38.6 Å². The van der Waals surface area contributed by atoms with Gasteiger partial charge < -0.3 is 15.6 Å². The molecule has 1 aromatic heterocycles. The van der Waals surface area contributed by atoms with Crippen molar-refractivity contribution in [3.05, 3.63) is 36.2 Å². The van der Waals surface area contributed by atoms with E-state index in [0.29, 0.717) is 18.3 Å². The van der Waals surface area contributed by atoms with E-state index >= 15 is 0 Å². The lowest BCUT2D eigenvalue weighted by molar-refractivity contribution is -0.131. The van der Waals surface area contributed by atoms with E-state index in [1.807, 2.05) is 37.3 Å². The van der Waals surface area contributed by atoms with Gasteiger partial charge in [-0.2, -0.15) is 4.98 Å². The Kier molecular flexibility index (Phi) is 5.96. The molecule has 0 spiro atoms. The molecule has 0 saturated heterocycles. The molecule has 0 radical (unpaired) electrons. The molecule has 1 aliphatic rings. The first-order valence-corrected chi connectivity index (χ1v) is 8.05. The van der Waals surface area contributed by atoms with Gasteiger partial charge in [0, 0.05) is 12.1 Å². The zero-order valence-corrected chi connectivity index (χ0v) is 14.5. The summed E-state index contributed by atoms with van der Waals surface area (Å²) in [5, 5.41) is 6.98. The summed E-state index contributed by atoms with van der Waals surface area (Å²) in [7, 11) is 0. The SMILES string of the molecule is CC(NC(=O)C1(CN)CCCC1)c1noc(-c2ccccc2)n1.Cl. The van der Waals surface area contributed by atoms with Crippen LogP contribution in [0.3, 0.4) is 0 Å². The van der Waals surface area contributed by atoms with Crippen molar-refractivity contribution in [1.82, 2.24) is 15.5 Å². The molecule has 1 amide bonds. The molecule has 6 nitrogen and oxygen atoms in total. The molecule has 1 aliphatic carbocycles. The van der Waals surface area contributed by atoms with Gasteiger partial charge in [0.25, 0.3) is 5.89 Å². The van der Waals surface area contributed by atoms with Crippen molar-refractivity contribution in [2.24, 2.45) is 11.1 Å². The largest absolute Gasteiger partial charge is 0.346 e. The van der Waals surface area contributed by atoms with Gasteiger partial charge in [0.2, 0.25) is 5.91 Å². The van der Waals surface area contributed by atoms with E-state index < -0.39 is 5.41 Å². The molecule has 1 saturated carbocycles. The number of rotatable bonds is 5. The number of nitrogens with two attached hydrogens (primary N) is 1. The van der Waals surface area contributed by atoms with Crippen LogP contribution in [0, 0.1) is 5.41 Å². The third-order valence-electron chi connectivity index (χ3n) is 4.63. The number of carbonyl (C=O) groups is 1. The number of hydrogen-bond acceptors (Lipinski definition) is 5. The lowest BCUT2D eigenvalue weighted by atomic mass is 9.85. The fourth-order valence-corrected chi connectivity index (χ4v) is 3.10. The van der Waals surface area contributed by atoms with E-state index in [2.05, 4.69) is 15.5 Å². The fraction of sp³-hybridized carbons (Fsp3) is 0.471. The quantitative estimate of drug-likeness (QED) is 0.864. The Morgan fingerprint density at radius 2 is 2.00 bits per heavy atom. The smallest absolute Gasteiger partial charge is 0.257 e. The number of carbonyl (C=O) groups excluding carboxylic acids is 1. The van der Waals surface area contributed by atoms with Gasteiger partial charge in [-0.3, -0.25) is 4.79 Å². The van der Waals surface area contributed by atoms with Crippen LogP contribution in [0.5, 0.6) is 0 Å². The number of hydrogen-bond donors (Lipinski definition) is 2. The standard InChI is InChI=1S/C17H22N4O2.ClH/c1-12(19-16(22)17(11-18)9-5-6-10-17)14-20-15(23-21-14)13-7-3-2-4-8-13;/h2-4,7-8,12H,5-6,9-11,18H2,1H3,(H,19,22);1H. The van der Waals surface area contributed by atoms with E-state index in [0.717, 1.165) is 31.2 Å². The van der Waals surface area contributed by atoms with E-state index in [-0.39, 0.29) is 24.4 Å². The number of benzene rings is 1. The average molecular weight is 351 g/mol. The molecule has 0 aliphatic heterocycles. The molecular formula is C17H23ClN4O2. The van der Waals surface area contributed by atoms with Crippen LogP contribution in [-0.2, 0) is 4.79 Å². The minimum atomic E-state index is -0.430. The lowest BCUT2D eigenvalue weighted by Crippen LogP contribution is -2.45. The normalized spacial score (nSPS) is 17.1. The highest BCUT2D eigenvalue weighted by Gasteiger charge is 2.40. The molecule has 3 N–H and O–H groups in total. The first-order valence-electron chi connectivity index (χ1n) is 8.05. The van der Waals surface area contributed by atoms with Gasteiger partial charge in [-0.05, 0) is 31.9 Å². The van der Waals surface area contributed by atoms with Crippen LogP contribution in [-0.4, -0.2) is 22.6 Å². The molecule has 2 aromatic rings. The maximum atomic E-state index is 12.6. The second-order valence-electron chi connectivity index (χ2n) is 6.21. The number of aromatic nitrogens is 2. The van der Waals surface area contributed by atoms with Crippen molar-refractivity contribution in [3.8, 4) is 11.5 Å². The maximum absolute atomic E-state index is 12.6. The summed E-state index contributed by atoms with van der Waals surface area (Å²) >= 11 is 0. The predicted octanol–water partition coefficient (Wildman–Crippen LogP) is 2.85. The van der Waals surface area contributed by atoms with E-state index in [1.165, 1.54) is 0 Å². The minimum absolute atomic E-state index is 0. The summed E-state index contributed by atoms with van der Waals surface area (Å²) in [5.74, 6) is 0.925. The Labute approximate surface area is 147 Å². The van der Waals surface area contributed by atoms with Gasteiger partial charge in [0.15, 0.2) is 5.82 Å². The van der Waals surface area contributed by atoms with E-state index in [1.54, 1.807) is 0 Å². The number of nitrogens with one attached hydrogen (secondary N) is 1. The first-order chi connectivity index (χ1) is 11.1. The van der Waals surface area contributed by atoms with Gasteiger partial charge in [-0.1, -0.05) is 36.2 Å². The highest BCUT2D eigenvalue weighted by atomic mass is 35.5. The van der Waals surface area contributed by atoms with Crippen LogP contribution in [0.25, 0.3) is 11.5 Å². The number of halogens is 1. The Bertz CT molecular complexity index is 668. The van der Waals surface area contributed by atoms with E-state index in [9.17, 15) is 4.79 Å². The summed E-state index contributed by atoms with van der Waals surface area (Å²) in [6.45, 7) is 2.24. The number of amides is 1. The van der Waals surface area contributed by atoms with Crippen LogP contribution in [0.1, 0.15) is 44.5 Å². The number of nitrogens with zero attached hydrogens (tertiary/aromatic N) is 2. The summed E-state index contributed by atoms with van der Waals surface area (Å²) in [4.78, 5) is 17.0. The van der Waals surface area contributed by atoms with Gasteiger partial charge in [-0.25, -0.2) is 0 Å². The summed E-state index contributed by atoms with van der Waals surface area (Å²) in [5.41, 5.74) is 6.28. The Balaban J connectivity index is 0.00000208. The lowest BCUT2D eigenvalue weighted by Gasteiger charge is -2.27. The first kappa shape index (κ1) is 18.4. The maximum Gasteiger partial charge on any atom is 0.257 e. The zero-order valence-electron chi connectivity index (χ0n) is 13.7. The summed E-state index contributed by atoms with van der Waals surface area (Å²) in [6, 6.07) is 9.25. The van der Waals surface area contributed by atoms with Crippen LogP contribution in [0.2, 0.25) is 0 Å². The van der Waals surface area contributed by atoms with Crippen molar-refractivity contribution in [1.29, 1.82) is 0 Å². The zero-order chi connectivity index (χ0) is 16.3. The van der Waals surface area contributed by atoms with Gasteiger partial charge in [-0.15, -0.1) is 12.4 Å². The van der Waals surface area contributed by atoms with Crippen LogP contribution in [0.4, 0.5) is 0 Å². The monoisotopic (exact) mass is 350 g/mol. The molecule has 1 unspecified atom stereocenters. The molecule has 1 heterocycles. The Hall–Kier alpha value is -1.92. The topological polar surface area (TPSA) is 94.0 Å². The second kappa shape index (κ2) is 7.77. The summed E-state index contributed by atoms with van der Waals surface area (Å²) < 4.78 is 5.29. The molecule has 7 heteroatoms. The third kappa shape index (κ3) is 3.60. The molecule has 1 fully saturated rings. The highest BCUT2D eigenvalue weighted by Crippen LogP contribution is 2.37.